The summed E-state index contributed by atoms with van der Waals surface area (Å²) in [4.78, 5) is 6.76. The van der Waals surface area contributed by atoms with Gasteiger partial charge in [-0.05, 0) is 11.8 Å². The van der Waals surface area contributed by atoms with E-state index < -0.39 is 12.0 Å². The molecule has 10 heteroatoms. The fourth-order valence-corrected chi connectivity index (χ4v) is 1.87. The highest BCUT2D eigenvalue weighted by molar-refractivity contribution is 7.99. The molecule has 0 aromatic carbocycles. The van der Waals surface area contributed by atoms with Crippen LogP contribution in [0.4, 0.5) is 19.0 Å². The molecule has 19 heavy (non-hydrogen) atoms. The molecular weight excluding hydrogens is 283 g/mol. The van der Waals surface area contributed by atoms with Gasteiger partial charge in [-0.1, -0.05) is 0 Å². The van der Waals surface area contributed by atoms with E-state index in [4.69, 9.17) is 4.42 Å². The molecule has 2 aromatic heterocycles. The highest BCUT2D eigenvalue weighted by Gasteiger charge is 2.35. The average molecular weight is 291 g/mol. The summed E-state index contributed by atoms with van der Waals surface area (Å²) < 4.78 is 42.9. The number of nitrogens with one attached hydrogen (secondary N) is 1. The summed E-state index contributed by atoms with van der Waals surface area (Å²) in [5.74, 6) is -0.847. The standard InChI is InChI=1S/C9H8F3N5OS/c1-4-16-17-8(18-4)19-6-3-5(13-2)14-7(15-6)9(10,11)12/h3H,1-2H3,(H,13,14,15). The first-order chi connectivity index (χ1) is 8.88. The van der Waals surface area contributed by atoms with Gasteiger partial charge >= 0.3 is 6.18 Å². The van der Waals surface area contributed by atoms with E-state index in [0.717, 1.165) is 11.8 Å². The van der Waals surface area contributed by atoms with Crippen LogP contribution in [-0.2, 0) is 6.18 Å². The molecule has 0 atom stereocenters. The Balaban J connectivity index is 2.34. The van der Waals surface area contributed by atoms with Crippen molar-refractivity contribution in [3.63, 3.8) is 0 Å². The van der Waals surface area contributed by atoms with Crippen molar-refractivity contribution in [1.29, 1.82) is 0 Å². The van der Waals surface area contributed by atoms with E-state index in [9.17, 15) is 13.2 Å². The first-order valence-corrected chi connectivity index (χ1v) is 5.82. The zero-order valence-electron chi connectivity index (χ0n) is 9.82. The van der Waals surface area contributed by atoms with Gasteiger partial charge in [0.25, 0.3) is 5.22 Å². The van der Waals surface area contributed by atoms with E-state index in [-0.39, 0.29) is 16.1 Å². The normalized spacial score (nSPS) is 11.6. The van der Waals surface area contributed by atoms with Crippen LogP contribution in [0.3, 0.4) is 0 Å². The summed E-state index contributed by atoms with van der Waals surface area (Å²) in [6.45, 7) is 1.58. The minimum absolute atomic E-state index is 0.0565. The summed E-state index contributed by atoms with van der Waals surface area (Å²) in [7, 11) is 1.47. The van der Waals surface area contributed by atoms with Crippen molar-refractivity contribution in [3.05, 3.63) is 17.8 Å². The summed E-state index contributed by atoms with van der Waals surface area (Å²) in [6.07, 6.45) is -4.62. The number of alkyl halides is 3. The molecule has 0 fully saturated rings. The molecule has 0 aliphatic rings. The van der Waals surface area contributed by atoms with Gasteiger partial charge in [0, 0.05) is 20.0 Å². The quantitative estimate of drug-likeness (QED) is 0.870. The Morgan fingerprint density at radius 2 is 2.00 bits per heavy atom. The Hall–Kier alpha value is -1.84. The van der Waals surface area contributed by atoms with Gasteiger partial charge in [0.15, 0.2) is 0 Å². The van der Waals surface area contributed by atoms with Crippen LogP contribution in [0.25, 0.3) is 0 Å². The summed E-state index contributed by atoms with van der Waals surface area (Å²) in [5, 5.41) is 9.97. The molecule has 0 saturated carbocycles. The van der Waals surface area contributed by atoms with Crippen molar-refractivity contribution in [3.8, 4) is 0 Å². The van der Waals surface area contributed by atoms with Crippen molar-refractivity contribution < 1.29 is 17.6 Å². The van der Waals surface area contributed by atoms with Crippen LogP contribution in [0.1, 0.15) is 11.7 Å². The number of nitrogens with zero attached hydrogens (tertiary/aromatic N) is 4. The predicted octanol–water partition coefficient (Wildman–Crippen LogP) is 2.38. The second-order valence-corrected chi connectivity index (χ2v) is 4.32. The van der Waals surface area contributed by atoms with Gasteiger partial charge in [-0.25, -0.2) is 9.97 Å². The van der Waals surface area contributed by atoms with Crippen LogP contribution in [-0.4, -0.2) is 27.2 Å². The lowest BCUT2D eigenvalue weighted by Crippen LogP contribution is -2.12. The maximum Gasteiger partial charge on any atom is 0.451 e. The number of anilines is 1. The second kappa shape index (κ2) is 5.03. The van der Waals surface area contributed by atoms with Crippen molar-refractivity contribution in [2.75, 3.05) is 12.4 Å². The molecule has 0 amide bonds. The Morgan fingerprint density at radius 1 is 1.26 bits per heavy atom. The smallest absolute Gasteiger partial charge is 0.416 e. The van der Waals surface area contributed by atoms with Crippen LogP contribution < -0.4 is 5.32 Å². The Bertz CT molecular complexity index is 585. The molecule has 102 valence electrons. The fraction of sp³-hybridized carbons (Fsp3) is 0.333. The Morgan fingerprint density at radius 3 is 2.53 bits per heavy atom. The van der Waals surface area contributed by atoms with Crippen LogP contribution >= 0.6 is 11.8 Å². The zero-order chi connectivity index (χ0) is 14.0. The molecule has 0 aliphatic heterocycles. The summed E-state index contributed by atoms with van der Waals surface area (Å²) in [6, 6.07) is 1.36. The van der Waals surface area contributed by atoms with Crippen LogP contribution in [0.2, 0.25) is 0 Å². The average Bonchev–Trinajstić information content (AvgIpc) is 2.73. The number of hydrogen-bond acceptors (Lipinski definition) is 7. The second-order valence-electron chi connectivity index (χ2n) is 3.35. The van der Waals surface area contributed by atoms with Gasteiger partial charge in [-0.15, -0.1) is 10.2 Å². The Labute approximate surface area is 109 Å². The van der Waals surface area contributed by atoms with E-state index >= 15 is 0 Å². The van der Waals surface area contributed by atoms with E-state index in [1.165, 1.54) is 13.1 Å². The fourth-order valence-electron chi connectivity index (χ4n) is 1.14. The molecule has 0 unspecified atom stereocenters. The van der Waals surface area contributed by atoms with Crippen LogP contribution in [0.15, 0.2) is 20.7 Å². The molecule has 0 radical (unpaired) electrons. The van der Waals surface area contributed by atoms with Crippen molar-refractivity contribution >= 4 is 17.6 Å². The van der Waals surface area contributed by atoms with Gasteiger partial charge in [0.1, 0.15) is 10.8 Å². The lowest BCUT2D eigenvalue weighted by atomic mass is 10.5. The van der Waals surface area contributed by atoms with E-state index in [2.05, 4.69) is 25.5 Å². The third kappa shape index (κ3) is 3.34. The van der Waals surface area contributed by atoms with Gasteiger partial charge < -0.3 is 9.73 Å². The number of hydrogen-bond donors (Lipinski definition) is 1. The maximum atomic E-state index is 12.6. The van der Waals surface area contributed by atoms with Crippen molar-refractivity contribution in [2.45, 2.75) is 23.3 Å². The number of aromatic nitrogens is 4. The largest absolute Gasteiger partial charge is 0.451 e. The lowest BCUT2D eigenvalue weighted by Gasteiger charge is -2.08. The van der Waals surface area contributed by atoms with Gasteiger partial charge in [0.2, 0.25) is 11.7 Å². The Kier molecular flexibility index (Phi) is 3.60. The van der Waals surface area contributed by atoms with Crippen molar-refractivity contribution in [1.82, 2.24) is 20.2 Å². The molecule has 2 rings (SSSR count). The topological polar surface area (TPSA) is 76.7 Å². The molecule has 0 aliphatic carbocycles. The summed E-state index contributed by atoms with van der Waals surface area (Å²) in [5.41, 5.74) is 0. The van der Waals surface area contributed by atoms with E-state index in [1.807, 2.05) is 0 Å². The number of rotatable bonds is 3. The molecule has 1 N–H and O–H groups in total. The molecule has 0 saturated heterocycles. The maximum absolute atomic E-state index is 12.6. The molecule has 0 bridgehead atoms. The third-order valence-corrected chi connectivity index (χ3v) is 2.67. The minimum atomic E-state index is -4.62. The first-order valence-electron chi connectivity index (χ1n) is 5.00. The number of aryl methyl sites for hydroxylation is 1. The molecule has 6 nitrogen and oxygen atoms in total. The third-order valence-electron chi connectivity index (χ3n) is 1.91. The monoisotopic (exact) mass is 291 g/mol. The van der Waals surface area contributed by atoms with Crippen LogP contribution in [0.5, 0.6) is 0 Å². The highest BCUT2D eigenvalue weighted by Crippen LogP contribution is 2.31. The zero-order valence-corrected chi connectivity index (χ0v) is 10.6. The SMILES string of the molecule is CNc1cc(Sc2nnc(C)o2)nc(C(F)(F)F)n1. The molecule has 2 aromatic rings. The van der Waals surface area contributed by atoms with Gasteiger partial charge in [-0.2, -0.15) is 13.2 Å². The number of halogens is 3. The predicted molar refractivity (Wildman–Crippen MR) is 59.7 cm³/mol. The lowest BCUT2D eigenvalue weighted by molar-refractivity contribution is -0.145. The minimum Gasteiger partial charge on any atom is -0.416 e. The molecule has 0 spiro atoms. The van der Waals surface area contributed by atoms with Gasteiger partial charge in [0.05, 0.1) is 0 Å². The summed E-state index contributed by atoms with van der Waals surface area (Å²) >= 11 is 0.837. The molecule has 2 heterocycles. The van der Waals surface area contributed by atoms with E-state index in [1.54, 1.807) is 6.92 Å². The van der Waals surface area contributed by atoms with Crippen LogP contribution in [0, 0.1) is 6.92 Å². The van der Waals surface area contributed by atoms with E-state index in [0.29, 0.717) is 5.89 Å². The molecular formula is C9H8F3N5OS. The van der Waals surface area contributed by atoms with Gasteiger partial charge in [-0.3, -0.25) is 0 Å². The first kappa shape index (κ1) is 13.6. The van der Waals surface area contributed by atoms with Crippen molar-refractivity contribution in [2.24, 2.45) is 0 Å². The highest BCUT2D eigenvalue weighted by atomic mass is 32.2.